The van der Waals surface area contributed by atoms with Crippen molar-refractivity contribution in [2.24, 2.45) is 11.1 Å². The Bertz CT molecular complexity index is 641. The van der Waals surface area contributed by atoms with Crippen LogP contribution in [0.2, 0.25) is 0 Å². The minimum absolute atomic E-state index is 0. The molecular formula is C19H31ClN4O3. The smallest absolute Gasteiger partial charge is 0.289 e. The Kier molecular flexibility index (Phi) is 6.94. The van der Waals surface area contributed by atoms with E-state index in [2.05, 4.69) is 18.7 Å². The molecule has 2 amide bonds. The van der Waals surface area contributed by atoms with Gasteiger partial charge in [0.1, 0.15) is 0 Å². The highest BCUT2D eigenvalue weighted by molar-refractivity contribution is 5.91. The van der Waals surface area contributed by atoms with Crippen molar-refractivity contribution in [3.63, 3.8) is 0 Å². The van der Waals surface area contributed by atoms with Crippen LogP contribution in [0.3, 0.4) is 0 Å². The predicted molar refractivity (Wildman–Crippen MR) is 106 cm³/mol. The first-order chi connectivity index (χ1) is 12.3. The molecule has 3 rings (SSSR count). The molecule has 2 saturated heterocycles. The van der Waals surface area contributed by atoms with Gasteiger partial charge in [-0.3, -0.25) is 14.5 Å². The van der Waals surface area contributed by atoms with Crippen LogP contribution >= 0.6 is 12.4 Å². The quantitative estimate of drug-likeness (QED) is 0.832. The lowest BCUT2D eigenvalue weighted by molar-refractivity contribution is -0.139. The number of hydrogen-bond acceptors (Lipinski definition) is 5. The van der Waals surface area contributed by atoms with Crippen LogP contribution in [0, 0.1) is 5.41 Å². The van der Waals surface area contributed by atoms with E-state index in [9.17, 15) is 9.59 Å². The molecule has 2 N–H and O–H groups in total. The van der Waals surface area contributed by atoms with Gasteiger partial charge in [-0.05, 0) is 30.9 Å². The standard InChI is InChI=1S/C19H30N4O3.ClH/c1-14(23-7-6-16(20)19(2,3)13-23)17(24)21-8-10-22(11-9-21)18(25)15-5-4-12-26-15;/h4-5,12,14,16H,6-11,13,20H2,1-3H3;1H. The molecular weight excluding hydrogens is 368 g/mol. The topological polar surface area (TPSA) is 83.0 Å². The lowest BCUT2D eigenvalue weighted by Crippen LogP contribution is -2.59. The van der Waals surface area contributed by atoms with Crippen molar-refractivity contribution < 1.29 is 14.0 Å². The molecule has 2 unspecified atom stereocenters. The van der Waals surface area contributed by atoms with E-state index in [1.165, 1.54) is 6.26 Å². The number of piperidine rings is 1. The molecule has 2 aliphatic heterocycles. The van der Waals surface area contributed by atoms with Crippen LogP contribution in [-0.2, 0) is 4.79 Å². The summed E-state index contributed by atoms with van der Waals surface area (Å²) in [7, 11) is 0. The number of likely N-dealkylation sites (tertiary alicyclic amines) is 1. The van der Waals surface area contributed by atoms with Crippen LogP contribution in [0.25, 0.3) is 0 Å². The van der Waals surface area contributed by atoms with Crippen LogP contribution < -0.4 is 5.73 Å². The maximum Gasteiger partial charge on any atom is 0.289 e. The Balaban J connectivity index is 0.00000261. The number of nitrogens with two attached hydrogens (primary N) is 1. The van der Waals surface area contributed by atoms with Crippen molar-refractivity contribution in [1.82, 2.24) is 14.7 Å². The number of hydrogen-bond donors (Lipinski definition) is 1. The van der Waals surface area contributed by atoms with Gasteiger partial charge in [0.2, 0.25) is 5.91 Å². The van der Waals surface area contributed by atoms with E-state index in [1.807, 2.05) is 11.8 Å². The van der Waals surface area contributed by atoms with Gasteiger partial charge in [-0.1, -0.05) is 13.8 Å². The first-order valence-electron chi connectivity index (χ1n) is 9.41. The molecule has 1 aromatic heterocycles. The van der Waals surface area contributed by atoms with E-state index in [0.29, 0.717) is 31.9 Å². The maximum absolute atomic E-state index is 12.9. The molecule has 2 fully saturated rings. The molecule has 27 heavy (non-hydrogen) atoms. The van der Waals surface area contributed by atoms with Gasteiger partial charge in [0, 0.05) is 45.3 Å². The van der Waals surface area contributed by atoms with Gasteiger partial charge in [0.15, 0.2) is 5.76 Å². The zero-order chi connectivity index (χ0) is 18.9. The largest absolute Gasteiger partial charge is 0.459 e. The second kappa shape index (κ2) is 8.63. The molecule has 0 aliphatic carbocycles. The van der Waals surface area contributed by atoms with Crippen LogP contribution in [-0.4, -0.2) is 77.9 Å². The third-order valence-electron chi connectivity index (χ3n) is 5.86. The molecule has 0 bridgehead atoms. The fraction of sp³-hybridized carbons (Fsp3) is 0.684. The lowest BCUT2D eigenvalue weighted by atomic mass is 9.79. The number of rotatable bonds is 3. The molecule has 2 atom stereocenters. The van der Waals surface area contributed by atoms with Gasteiger partial charge in [-0.25, -0.2) is 0 Å². The molecule has 8 heteroatoms. The van der Waals surface area contributed by atoms with Gasteiger partial charge in [0.25, 0.3) is 5.91 Å². The molecule has 1 aromatic rings. The summed E-state index contributed by atoms with van der Waals surface area (Å²) >= 11 is 0. The van der Waals surface area contributed by atoms with E-state index >= 15 is 0 Å². The number of nitrogens with zero attached hydrogens (tertiary/aromatic N) is 3. The molecule has 2 aliphatic rings. The summed E-state index contributed by atoms with van der Waals surface area (Å²) in [5.41, 5.74) is 6.23. The summed E-state index contributed by atoms with van der Waals surface area (Å²) in [6, 6.07) is 3.40. The molecule has 0 saturated carbocycles. The number of carbonyl (C=O) groups excluding carboxylic acids is 2. The number of amides is 2. The van der Waals surface area contributed by atoms with Gasteiger partial charge in [-0.2, -0.15) is 0 Å². The minimum Gasteiger partial charge on any atom is -0.459 e. The Labute approximate surface area is 167 Å². The number of carbonyl (C=O) groups is 2. The molecule has 0 aromatic carbocycles. The number of piperazine rings is 1. The highest BCUT2D eigenvalue weighted by Crippen LogP contribution is 2.29. The van der Waals surface area contributed by atoms with Gasteiger partial charge >= 0.3 is 0 Å². The summed E-state index contributed by atoms with van der Waals surface area (Å²) in [5, 5.41) is 0. The zero-order valence-corrected chi connectivity index (χ0v) is 17.2. The van der Waals surface area contributed by atoms with Gasteiger partial charge in [0.05, 0.1) is 12.3 Å². The van der Waals surface area contributed by atoms with Crippen molar-refractivity contribution in [3.05, 3.63) is 24.2 Å². The second-order valence-corrected chi connectivity index (χ2v) is 8.12. The monoisotopic (exact) mass is 398 g/mol. The summed E-state index contributed by atoms with van der Waals surface area (Å²) in [5.74, 6) is 0.383. The highest BCUT2D eigenvalue weighted by Gasteiger charge is 2.38. The van der Waals surface area contributed by atoms with Crippen LogP contribution in [0.15, 0.2) is 22.8 Å². The van der Waals surface area contributed by atoms with E-state index < -0.39 is 0 Å². The third-order valence-corrected chi connectivity index (χ3v) is 5.86. The maximum atomic E-state index is 12.9. The van der Waals surface area contributed by atoms with Crippen molar-refractivity contribution in [3.8, 4) is 0 Å². The Morgan fingerprint density at radius 1 is 1.19 bits per heavy atom. The Morgan fingerprint density at radius 3 is 2.37 bits per heavy atom. The summed E-state index contributed by atoms with van der Waals surface area (Å²) in [6.07, 6.45) is 2.41. The zero-order valence-electron chi connectivity index (χ0n) is 16.4. The van der Waals surface area contributed by atoms with Gasteiger partial charge in [-0.15, -0.1) is 12.4 Å². The number of furan rings is 1. The van der Waals surface area contributed by atoms with Crippen molar-refractivity contribution in [2.45, 2.75) is 39.3 Å². The average Bonchev–Trinajstić information content (AvgIpc) is 3.17. The Morgan fingerprint density at radius 2 is 1.81 bits per heavy atom. The first kappa shape index (κ1) is 21.7. The van der Waals surface area contributed by atoms with E-state index in [1.54, 1.807) is 17.0 Å². The minimum atomic E-state index is -0.158. The predicted octanol–water partition coefficient (Wildman–Crippen LogP) is 1.43. The molecule has 3 heterocycles. The molecule has 0 radical (unpaired) electrons. The summed E-state index contributed by atoms with van der Waals surface area (Å²) < 4.78 is 5.18. The van der Waals surface area contributed by atoms with Crippen molar-refractivity contribution in [2.75, 3.05) is 39.3 Å². The molecule has 152 valence electrons. The van der Waals surface area contributed by atoms with Crippen LogP contribution in [0.4, 0.5) is 0 Å². The van der Waals surface area contributed by atoms with E-state index in [-0.39, 0.29) is 41.7 Å². The second-order valence-electron chi connectivity index (χ2n) is 8.12. The SMILES string of the molecule is CC(C(=O)N1CCN(C(=O)c2ccco2)CC1)N1CCC(N)C(C)(C)C1.Cl. The third kappa shape index (κ3) is 4.65. The highest BCUT2D eigenvalue weighted by atomic mass is 35.5. The van der Waals surface area contributed by atoms with Crippen LogP contribution in [0.5, 0.6) is 0 Å². The van der Waals surface area contributed by atoms with Crippen LogP contribution in [0.1, 0.15) is 37.7 Å². The van der Waals surface area contributed by atoms with Gasteiger partial charge < -0.3 is 20.0 Å². The fourth-order valence-electron chi connectivity index (χ4n) is 3.85. The molecule has 0 spiro atoms. The lowest BCUT2D eigenvalue weighted by Gasteiger charge is -2.45. The summed E-state index contributed by atoms with van der Waals surface area (Å²) in [6.45, 7) is 10.2. The van der Waals surface area contributed by atoms with E-state index in [4.69, 9.17) is 10.2 Å². The van der Waals surface area contributed by atoms with Crippen molar-refractivity contribution >= 4 is 24.2 Å². The Hall–Kier alpha value is -1.57. The normalized spacial score (nSPS) is 24.2. The van der Waals surface area contributed by atoms with Crippen molar-refractivity contribution in [1.29, 1.82) is 0 Å². The fourth-order valence-corrected chi connectivity index (χ4v) is 3.85. The number of halogens is 1. The van der Waals surface area contributed by atoms with E-state index in [0.717, 1.165) is 19.5 Å². The summed E-state index contributed by atoms with van der Waals surface area (Å²) in [4.78, 5) is 31.1. The first-order valence-corrected chi connectivity index (χ1v) is 9.41. The molecule has 7 nitrogen and oxygen atoms in total. The average molecular weight is 399 g/mol.